The van der Waals surface area contributed by atoms with E-state index in [1.54, 1.807) is 51.3 Å². The number of hydrogen-bond acceptors (Lipinski definition) is 10. The number of rotatable bonds is 3. The molecule has 2 aromatic carbocycles. The molecule has 0 aliphatic heterocycles. The van der Waals surface area contributed by atoms with Crippen molar-refractivity contribution in [3.8, 4) is 23.3 Å². The van der Waals surface area contributed by atoms with Crippen molar-refractivity contribution in [1.82, 2.24) is 4.90 Å². The van der Waals surface area contributed by atoms with Gasteiger partial charge in [-0.1, -0.05) is 17.9 Å². The lowest BCUT2D eigenvalue weighted by atomic mass is 9.57. The van der Waals surface area contributed by atoms with Crippen LogP contribution in [-0.2, 0) is 20.8 Å². The summed E-state index contributed by atoms with van der Waals surface area (Å²) in [6.45, 7) is 0. The van der Waals surface area contributed by atoms with Crippen LogP contribution < -0.4 is 10.6 Å². The fraction of sp³-hybridized carbons (Fsp3) is 0.323. The van der Waals surface area contributed by atoms with Gasteiger partial charge in [-0.05, 0) is 62.7 Å². The first kappa shape index (κ1) is 28.7. The largest absolute Gasteiger partial charge is 0.508 e. The van der Waals surface area contributed by atoms with Gasteiger partial charge in [0.05, 0.1) is 17.2 Å². The minimum Gasteiger partial charge on any atom is -0.508 e. The van der Waals surface area contributed by atoms with Crippen LogP contribution in [0.1, 0.15) is 28.7 Å². The van der Waals surface area contributed by atoms with E-state index in [0.717, 1.165) is 0 Å². The van der Waals surface area contributed by atoms with Crippen molar-refractivity contribution in [1.29, 1.82) is 0 Å². The van der Waals surface area contributed by atoms with Crippen molar-refractivity contribution < 1.29 is 39.9 Å². The van der Waals surface area contributed by atoms with Crippen LogP contribution >= 0.6 is 0 Å². The fourth-order valence-corrected chi connectivity index (χ4v) is 6.51. The quantitative estimate of drug-likeness (QED) is 0.230. The summed E-state index contributed by atoms with van der Waals surface area (Å²) in [6, 6.07) is 6.74. The molecule has 0 spiro atoms. The second-order valence-corrected chi connectivity index (χ2v) is 11.3. The summed E-state index contributed by atoms with van der Waals surface area (Å²) >= 11 is 0. The number of carbonyl (C=O) groups is 3. The Hall–Kier alpha value is -4.79. The number of carbonyl (C=O) groups excluding carboxylic acids is 3. The molecule has 1 saturated carbocycles. The van der Waals surface area contributed by atoms with E-state index in [0.29, 0.717) is 16.8 Å². The zero-order valence-electron chi connectivity index (χ0n) is 23.5. The molecule has 0 bridgehead atoms. The van der Waals surface area contributed by atoms with Gasteiger partial charge < -0.3 is 36.2 Å². The summed E-state index contributed by atoms with van der Waals surface area (Å²) in [7, 11) is 6.65. The van der Waals surface area contributed by atoms with Crippen LogP contribution in [0, 0.1) is 23.7 Å². The molecule has 0 saturated heterocycles. The van der Waals surface area contributed by atoms with Gasteiger partial charge in [-0.3, -0.25) is 19.3 Å². The third-order valence-corrected chi connectivity index (χ3v) is 8.37. The summed E-state index contributed by atoms with van der Waals surface area (Å²) in [5, 5.41) is 55.4. The molecule has 5 rings (SSSR count). The van der Waals surface area contributed by atoms with Crippen LogP contribution in [0.5, 0.6) is 11.5 Å². The number of aromatic hydroxyl groups is 2. The van der Waals surface area contributed by atoms with Gasteiger partial charge >= 0.3 is 0 Å². The van der Waals surface area contributed by atoms with Gasteiger partial charge in [0.25, 0.3) is 5.91 Å². The first-order valence-corrected chi connectivity index (χ1v) is 13.2. The minimum absolute atomic E-state index is 0.00154. The molecule has 218 valence electrons. The van der Waals surface area contributed by atoms with E-state index in [-0.39, 0.29) is 35.3 Å². The maximum Gasteiger partial charge on any atom is 0.255 e. The number of Topliss-reactive ketones (excluding diaryl/α,β-unsaturated/α-hetero) is 2. The van der Waals surface area contributed by atoms with Crippen molar-refractivity contribution in [3.63, 3.8) is 0 Å². The number of nitrogens with two attached hydrogens (primary N) is 1. The molecule has 3 aliphatic rings. The second-order valence-electron chi connectivity index (χ2n) is 11.3. The standard InChI is InChI=1S/C31H31N3O8/c1-33(2)20-13-15(9-8-14-6-5-7-17(35)10-14)25(36)22-18(20)11-16-12-19-24(34(3)4)27(38)23(30(32)41)29(40)31(19,42)28(39)21(16)26(22)37/h5-7,10,13,16,19,24,35-37,40,42H,11-12H2,1-4H3,(H2,32,41). The zero-order chi connectivity index (χ0) is 30.8. The molecule has 0 aromatic heterocycles. The van der Waals surface area contributed by atoms with E-state index >= 15 is 0 Å². The number of aliphatic hydroxyl groups is 3. The van der Waals surface area contributed by atoms with Crippen molar-refractivity contribution in [3.05, 3.63) is 69.5 Å². The van der Waals surface area contributed by atoms with Crippen molar-refractivity contribution in [2.45, 2.75) is 24.5 Å². The topological polar surface area (TPSA) is 185 Å². The Labute approximate surface area is 241 Å². The number of aliphatic hydroxyl groups excluding tert-OH is 2. The Morgan fingerprint density at radius 2 is 1.74 bits per heavy atom. The number of nitrogens with zero attached hydrogens (tertiary/aromatic N) is 2. The summed E-state index contributed by atoms with van der Waals surface area (Å²) in [4.78, 5) is 42.7. The van der Waals surface area contributed by atoms with E-state index in [2.05, 4.69) is 11.8 Å². The number of phenols is 2. The van der Waals surface area contributed by atoms with Gasteiger partial charge in [0.1, 0.15) is 28.6 Å². The lowest BCUT2D eigenvalue weighted by Gasteiger charge is -2.50. The van der Waals surface area contributed by atoms with Crippen molar-refractivity contribution >= 4 is 28.9 Å². The Morgan fingerprint density at radius 3 is 2.33 bits per heavy atom. The second kappa shape index (κ2) is 9.94. The lowest BCUT2D eigenvalue weighted by Crippen LogP contribution is -2.65. The molecule has 4 unspecified atom stereocenters. The third kappa shape index (κ3) is 4.10. The highest BCUT2D eigenvalue weighted by atomic mass is 16.3. The van der Waals surface area contributed by atoms with Gasteiger partial charge in [-0.2, -0.15) is 0 Å². The number of ketones is 2. The van der Waals surface area contributed by atoms with Crippen LogP contribution in [-0.4, -0.2) is 87.7 Å². The van der Waals surface area contributed by atoms with E-state index in [9.17, 15) is 39.9 Å². The van der Waals surface area contributed by atoms with Gasteiger partial charge in [0.15, 0.2) is 11.4 Å². The van der Waals surface area contributed by atoms with Gasteiger partial charge in [-0.25, -0.2) is 0 Å². The van der Waals surface area contributed by atoms with E-state index in [4.69, 9.17) is 5.73 Å². The highest BCUT2D eigenvalue weighted by Gasteiger charge is 2.64. The average Bonchev–Trinajstić information content (AvgIpc) is 2.89. The minimum atomic E-state index is -2.71. The molecule has 42 heavy (non-hydrogen) atoms. The summed E-state index contributed by atoms with van der Waals surface area (Å²) in [5.41, 5.74) is 3.29. The molecular formula is C31H31N3O8. The fourth-order valence-electron chi connectivity index (χ4n) is 6.51. The van der Waals surface area contributed by atoms with Crippen molar-refractivity contribution in [2.75, 3.05) is 33.1 Å². The SMILES string of the molecule is CN(C)c1cc(C#Cc2cccc(O)c2)c(O)c2c1CC1CC3C(N(C)C)C(=O)C(C(N)=O)=C(O)C3(O)C(=O)C1=C2O. The smallest absolute Gasteiger partial charge is 0.255 e. The van der Waals surface area contributed by atoms with Crippen LogP contribution in [0.3, 0.4) is 0 Å². The Kier molecular flexibility index (Phi) is 6.80. The third-order valence-electron chi connectivity index (χ3n) is 8.37. The van der Waals surface area contributed by atoms with Gasteiger partial charge in [-0.15, -0.1) is 0 Å². The number of likely N-dealkylation sites (N-methyl/N-ethyl adjacent to an activating group) is 1. The number of hydrogen-bond donors (Lipinski definition) is 6. The molecule has 7 N–H and O–H groups in total. The monoisotopic (exact) mass is 573 g/mol. The molecule has 3 aliphatic carbocycles. The molecule has 11 heteroatoms. The number of phenolic OH excluding ortho intramolecular Hbond substituents is 2. The number of primary amides is 1. The predicted molar refractivity (Wildman–Crippen MR) is 153 cm³/mol. The molecule has 2 aromatic rings. The first-order valence-electron chi connectivity index (χ1n) is 13.2. The van der Waals surface area contributed by atoms with Crippen LogP contribution in [0.4, 0.5) is 5.69 Å². The summed E-state index contributed by atoms with van der Waals surface area (Å²) in [6.07, 6.45) is 0.161. The van der Waals surface area contributed by atoms with E-state index in [1.165, 1.54) is 17.0 Å². The van der Waals surface area contributed by atoms with Crippen LogP contribution in [0.25, 0.3) is 5.76 Å². The van der Waals surface area contributed by atoms with Crippen LogP contribution in [0.2, 0.25) is 0 Å². The molecule has 0 radical (unpaired) electrons. The predicted octanol–water partition coefficient (Wildman–Crippen LogP) is 1.14. The molecule has 4 atom stereocenters. The maximum absolute atomic E-state index is 14.1. The van der Waals surface area contributed by atoms with Crippen LogP contribution in [0.15, 0.2) is 47.2 Å². The number of benzene rings is 2. The Bertz CT molecular complexity index is 1690. The Morgan fingerprint density at radius 1 is 1.05 bits per heavy atom. The zero-order valence-corrected chi connectivity index (χ0v) is 23.5. The number of fused-ring (bicyclic) bond motifs is 3. The van der Waals surface area contributed by atoms with Gasteiger partial charge in [0.2, 0.25) is 5.78 Å². The van der Waals surface area contributed by atoms with Gasteiger partial charge in [0, 0.05) is 36.8 Å². The first-order chi connectivity index (χ1) is 19.7. The van der Waals surface area contributed by atoms with E-state index in [1.807, 2.05) is 0 Å². The molecule has 1 amide bonds. The highest BCUT2D eigenvalue weighted by Crippen LogP contribution is 2.54. The molecule has 1 fully saturated rings. The molecular weight excluding hydrogens is 542 g/mol. The molecule has 0 heterocycles. The number of anilines is 1. The van der Waals surface area contributed by atoms with Crippen molar-refractivity contribution in [2.24, 2.45) is 17.6 Å². The maximum atomic E-state index is 14.1. The highest BCUT2D eigenvalue weighted by molar-refractivity contribution is 6.24. The summed E-state index contributed by atoms with van der Waals surface area (Å²) in [5.74, 6) is -1.39. The summed E-state index contributed by atoms with van der Waals surface area (Å²) < 4.78 is 0. The normalized spacial score (nSPS) is 25.0. The Balaban J connectivity index is 1.73. The lowest BCUT2D eigenvalue weighted by molar-refractivity contribution is -0.153. The molecule has 11 nitrogen and oxygen atoms in total. The number of amides is 1. The van der Waals surface area contributed by atoms with E-state index < -0.39 is 63.8 Å². The average molecular weight is 574 g/mol.